The van der Waals surface area contributed by atoms with Gasteiger partial charge in [-0.2, -0.15) is 0 Å². The number of rotatable bonds is 4. The second kappa shape index (κ2) is 7.46. The zero-order chi connectivity index (χ0) is 21.8. The van der Waals surface area contributed by atoms with Gasteiger partial charge in [0.15, 0.2) is 0 Å². The van der Waals surface area contributed by atoms with Gasteiger partial charge < -0.3 is 9.84 Å². The molecule has 1 unspecified atom stereocenters. The third kappa shape index (κ3) is 3.23. The maximum absolute atomic E-state index is 11.2. The van der Waals surface area contributed by atoms with E-state index in [9.17, 15) is 9.90 Å². The normalized spacial score (nSPS) is 38.9. The molecule has 1 aromatic rings. The van der Waals surface area contributed by atoms with Crippen LogP contribution in [-0.2, 0) is 4.79 Å². The zero-order valence-corrected chi connectivity index (χ0v) is 18.9. The lowest BCUT2D eigenvalue weighted by atomic mass is 9.49. The first-order valence-electron chi connectivity index (χ1n) is 11.8. The van der Waals surface area contributed by atoms with E-state index in [1.54, 1.807) is 13.3 Å². The number of aliphatic carboxylic acids is 1. The highest BCUT2D eigenvalue weighted by molar-refractivity contribution is 5.92. The summed E-state index contributed by atoms with van der Waals surface area (Å²) in [5.74, 6) is 2.29. The van der Waals surface area contributed by atoms with Gasteiger partial charge in [0.25, 0.3) is 0 Å². The fraction of sp³-hybridized carbons (Fsp3) is 0.654. The van der Waals surface area contributed by atoms with Crippen molar-refractivity contribution in [2.45, 2.75) is 58.8 Å². The monoisotopic (exact) mass is 422 g/mol. The minimum absolute atomic E-state index is 0.152. The SMILES string of the molecule is COc1cncc(C2=CC[C@H]3[C@@H]4CN=C5CC(CC(=O)O)CC[C@]5(C)[C@H]4CC[C@]23C)c1. The largest absolute Gasteiger partial charge is 0.495 e. The molecule has 0 bridgehead atoms. The summed E-state index contributed by atoms with van der Waals surface area (Å²) in [5.41, 5.74) is 4.27. The molecule has 2 heterocycles. The predicted molar refractivity (Wildman–Crippen MR) is 121 cm³/mol. The van der Waals surface area contributed by atoms with Crippen molar-refractivity contribution in [1.82, 2.24) is 4.98 Å². The Morgan fingerprint density at radius 3 is 2.77 bits per heavy atom. The Balaban J connectivity index is 1.40. The standard InChI is InChI=1S/C26H34N2O3/c1-25-9-7-22-19(15-28-23-10-16(11-24(29)30)6-8-26(22,23)2)21(25)5-4-20(25)17-12-18(31-3)14-27-13-17/h4,12-14,16,19,21-22H,5-11,15H2,1-3H3,(H,29,30)/t16?,19-,21-,22-,25+,26+/m0/s1. The van der Waals surface area contributed by atoms with Gasteiger partial charge in [0, 0.05) is 30.3 Å². The Bertz CT molecular complexity index is 954. The van der Waals surface area contributed by atoms with E-state index in [1.807, 2.05) is 6.20 Å². The average Bonchev–Trinajstić information content (AvgIpc) is 3.11. The first-order valence-corrected chi connectivity index (χ1v) is 11.8. The van der Waals surface area contributed by atoms with E-state index >= 15 is 0 Å². The average molecular weight is 423 g/mol. The van der Waals surface area contributed by atoms with E-state index in [2.05, 4.69) is 31.0 Å². The number of hydrogen-bond donors (Lipinski definition) is 1. The lowest BCUT2D eigenvalue weighted by Crippen LogP contribution is -2.54. The molecule has 166 valence electrons. The van der Waals surface area contributed by atoms with Crippen LogP contribution in [0.5, 0.6) is 5.75 Å². The smallest absolute Gasteiger partial charge is 0.303 e. The highest BCUT2D eigenvalue weighted by Gasteiger charge is 2.57. The van der Waals surface area contributed by atoms with Gasteiger partial charge in [0.05, 0.1) is 13.3 Å². The van der Waals surface area contributed by atoms with E-state index in [4.69, 9.17) is 9.73 Å². The van der Waals surface area contributed by atoms with Gasteiger partial charge in [-0.05, 0) is 84.8 Å². The van der Waals surface area contributed by atoms with E-state index in [-0.39, 0.29) is 23.2 Å². The summed E-state index contributed by atoms with van der Waals surface area (Å²) in [7, 11) is 1.70. The molecule has 0 spiro atoms. The number of allylic oxidation sites excluding steroid dienone is 2. The van der Waals surface area contributed by atoms with Crippen LogP contribution in [-0.4, -0.2) is 35.4 Å². The van der Waals surface area contributed by atoms with E-state index in [0.29, 0.717) is 17.8 Å². The molecule has 5 nitrogen and oxygen atoms in total. The molecule has 2 saturated carbocycles. The molecule has 0 saturated heterocycles. The van der Waals surface area contributed by atoms with Crippen LogP contribution < -0.4 is 4.74 Å². The number of hydrogen-bond acceptors (Lipinski definition) is 4. The molecule has 1 aromatic heterocycles. The van der Waals surface area contributed by atoms with Gasteiger partial charge in [-0.25, -0.2) is 0 Å². The Morgan fingerprint density at radius 1 is 1.19 bits per heavy atom. The summed E-state index contributed by atoms with van der Waals surface area (Å²) in [4.78, 5) is 20.8. The molecule has 4 aliphatic rings. The van der Waals surface area contributed by atoms with Gasteiger partial charge in [0.1, 0.15) is 5.75 Å². The first kappa shape index (κ1) is 20.7. The Hall–Kier alpha value is -2.17. The second-order valence-corrected chi connectivity index (χ2v) is 10.7. The number of aliphatic imine (C=N–C) groups is 1. The molecular formula is C26H34N2O3. The van der Waals surface area contributed by atoms with Gasteiger partial charge in [-0.1, -0.05) is 19.9 Å². The quantitative estimate of drug-likeness (QED) is 0.718. The minimum Gasteiger partial charge on any atom is -0.495 e. The highest BCUT2D eigenvalue weighted by atomic mass is 16.5. The number of ether oxygens (including phenoxy) is 1. The number of methoxy groups -OCH3 is 1. The summed E-state index contributed by atoms with van der Waals surface area (Å²) in [6.45, 7) is 5.79. The third-order valence-corrected chi connectivity index (χ3v) is 9.27. The molecule has 0 radical (unpaired) electrons. The molecular weight excluding hydrogens is 388 g/mol. The van der Waals surface area contributed by atoms with Gasteiger partial charge in [-0.15, -0.1) is 0 Å². The minimum atomic E-state index is -0.673. The fourth-order valence-corrected chi connectivity index (χ4v) is 7.56. The maximum Gasteiger partial charge on any atom is 0.303 e. The molecule has 0 aromatic carbocycles. The molecule has 31 heavy (non-hydrogen) atoms. The van der Waals surface area contributed by atoms with Crippen molar-refractivity contribution in [3.05, 3.63) is 30.1 Å². The molecule has 3 aliphatic carbocycles. The number of nitrogens with zero attached hydrogens (tertiary/aromatic N) is 2. The van der Waals surface area contributed by atoms with Crippen molar-refractivity contribution in [1.29, 1.82) is 0 Å². The van der Waals surface area contributed by atoms with Crippen LogP contribution in [0.1, 0.15) is 64.4 Å². The van der Waals surface area contributed by atoms with Crippen LogP contribution in [0.2, 0.25) is 0 Å². The van der Waals surface area contributed by atoms with Crippen molar-refractivity contribution < 1.29 is 14.6 Å². The number of aromatic nitrogens is 1. The van der Waals surface area contributed by atoms with Gasteiger partial charge >= 0.3 is 5.97 Å². The van der Waals surface area contributed by atoms with Crippen LogP contribution in [0.15, 0.2) is 29.5 Å². The summed E-state index contributed by atoms with van der Waals surface area (Å²) in [6.07, 6.45) is 13.0. The fourth-order valence-electron chi connectivity index (χ4n) is 7.56. The van der Waals surface area contributed by atoms with Gasteiger partial charge in [-0.3, -0.25) is 14.8 Å². The van der Waals surface area contributed by atoms with Crippen molar-refractivity contribution in [2.24, 2.45) is 39.5 Å². The van der Waals surface area contributed by atoms with Crippen LogP contribution in [0.25, 0.3) is 5.57 Å². The van der Waals surface area contributed by atoms with Crippen LogP contribution >= 0.6 is 0 Å². The summed E-state index contributed by atoms with van der Waals surface area (Å²) < 4.78 is 5.43. The number of fused-ring (bicyclic) bond motifs is 5. The summed E-state index contributed by atoms with van der Waals surface area (Å²) in [6, 6.07) is 2.13. The molecule has 1 N–H and O–H groups in total. The number of carboxylic acid groups (broad SMARTS) is 1. The van der Waals surface area contributed by atoms with Crippen LogP contribution in [0.4, 0.5) is 0 Å². The van der Waals surface area contributed by atoms with E-state index < -0.39 is 5.97 Å². The summed E-state index contributed by atoms with van der Waals surface area (Å²) in [5, 5.41) is 9.24. The van der Waals surface area contributed by atoms with E-state index in [0.717, 1.165) is 38.0 Å². The zero-order valence-electron chi connectivity index (χ0n) is 18.9. The van der Waals surface area contributed by atoms with Crippen LogP contribution in [0, 0.1) is 34.5 Å². The third-order valence-electron chi connectivity index (χ3n) is 9.27. The maximum atomic E-state index is 11.2. The topological polar surface area (TPSA) is 71.8 Å². The first-order chi connectivity index (χ1) is 14.8. The number of pyridine rings is 1. The lowest BCUT2D eigenvalue weighted by Gasteiger charge is -2.57. The highest BCUT2D eigenvalue weighted by Crippen LogP contribution is 2.64. The Morgan fingerprint density at radius 2 is 2.00 bits per heavy atom. The van der Waals surface area contributed by atoms with Crippen molar-refractivity contribution in [2.75, 3.05) is 13.7 Å². The molecule has 5 heteroatoms. The number of carboxylic acids is 1. The Kier molecular flexibility index (Phi) is 4.98. The Labute approximate surface area is 185 Å². The summed E-state index contributed by atoms with van der Waals surface area (Å²) >= 11 is 0. The molecule has 2 fully saturated rings. The molecule has 6 atom stereocenters. The second-order valence-electron chi connectivity index (χ2n) is 10.7. The lowest BCUT2D eigenvalue weighted by molar-refractivity contribution is -0.138. The molecule has 5 rings (SSSR count). The predicted octanol–water partition coefficient (Wildman–Crippen LogP) is 5.26. The van der Waals surface area contributed by atoms with Crippen molar-refractivity contribution in [3.8, 4) is 5.75 Å². The van der Waals surface area contributed by atoms with E-state index in [1.165, 1.54) is 29.7 Å². The van der Waals surface area contributed by atoms with Crippen LogP contribution in [0.3, 0.4) is 0 Å². The van der Waals surface area contributed by atoms with Crippen molar-refractivity contribution in [3.63, 3.8) is 0 Å². The van der Waals surface area contributed by atoms with Crippen molar-refractivity contribution >= 4 is 17.3 Å². The number of carbonyl (C=O) groups is 1. The molecule has 1 aliphatic heterocycles. The van der Waals surface area contributed by atoms with Gasteiger partial charge in [0.2, 0.25) is 0 Å². The molecule has 0 amide bonds.